The first-order valence-electron chi connectivity index (χ1n) is 7.45. The Balaban J connectivity index is 1.55. The monoisotopic (exact) mass is 307 g/mol. The lowest BCUT2D eigenvalue weighted by Crippen LogP contribution is -2.25. The molecule has 0 atom stereocenters. The van der Waals surface area contributed by atoms with Gasteiger partial charge >= 0.3 is 0 Å². The van der Waals surface area contributed by atoms with Crippen LogP contribution >= 0.6 is 0 Å². The summed E-state index contributed by atoms with van der Waals surface area (Å²) in [6.07, 6.45) is 0.497. The number of nitrogens with zero attached hydrogens (tertiary/aromatic N) is 2. The quantitative estimate of drug-likeness (QED) is 0.786. The molecule has 5 heteroatoms. The van der Waals surface area contributed by atoms with Crippen LogP contribution in [-0.2, 0) is 6.42 Å². The Bertz CT molecular complexity index is 797. The van der Waals surface area contributed by atoms with Crippen molar-refractivity contribution in [1.82, 2.24) is 15.5 Å². The summed E-state index contributed by atoms with van der Waals surface area (Å²) in [7, 11) is 0. The van der Waals surface area contributed by atoms with E-state index in [1.54, 1.807) is 6.07 Å². The zero-order valence-electron chi connectivity index (χ0n) is 12.8. The SMILES string of the molecule is Cc1cccc(C(=O)NCCc2nc(-c3ccccc3)no2)c1. The highest BCUT2D eigenvalue weighted by Gasteiger charge is 2.09. The molecule has 1 N–H and O–H groups in total. The van der Waals surface area contributed by atoms with Crippen LogP contribution in [0.1, 0.15) is 21.8 Å². The van der Waals surface area contributed by atoms with Crippen LogP contribution in [-0.4, -0.2) is 22.6 Å². The van der Waals surface area contributed by atoms with Crippen molar-refractivity contribution in [3.8, 4) is 11.4 Å². The second-order valence-electron chi connectivity index (χ2n) is 5.25. The fourth-order valence-electron chi connectivity index (χ4n) is 2.23. The molecule has 1 heterocycles. The van der Waals surface area contributed by atoms with E-state index < -0.39 is 0 Å². The van der Waals surface area contributed by atoms with Crippen LogP contribution in [0.5, 0.6) is 0 Å². The van der Waals surface area contributed by atoms with Gasteiger partial charge in [-0.3, -0.25) is 4.79 Å². The summed E-state index contributed by atoms with van der Waals surface area (Å²) < 4.78 is 5.21. The van der Waals surface area contributed by atoms with Gasteiger partial charge in [-0.15, -0.1) is 0 Å². The number of carbonyl (C=O) groups is 1. The van der Waals surface area contributed by atoms with Crippen LogP contribution in [0.3, 0.4) is 0 Å². The Labute approximate surface area is 134 Å². The summed E-state index contributed by atoms with van der Waals surface area (Å²) in [6.45, 7) is 2.41. The van der Waals surface area contributed by atoms with Crippen molar-refractivity contribution in [1.29, 1.82) is 0 Å². The fourth-order valence-corrected chi connectivity index (χ4v) is 2.23. The van der Waals surface area contributed by atoms with Gasteiger partial charge in [-0.25, -0.2) is 0 Å². The summed E-state index contributed by atoms with van der Waals surface area (Å²) in [5.41, 5.74) is 2.62. The summed E-state index contributed by atoms with van der Waals surface area (Å²) in [5.74, 6) is 0.968. The predicted molar refractivity (Wildman–Crippen MR) is 87.0 cm³/mol. The number of aryl methyl sites for hydroxylation is 1. The van der Waals surface area contributed by atoms with Gasteiger partial charge in [0.15, 0.2) is 0 Å². The van der Waals surface area contributed by atoms with Crippen LogP contribution in [0.2, 0.25) is 0 Å². The third-order valence-corrected chi connectivity index (χ3v) is 3.40. The number of aromatic nitrogens is 2. The van der Waals surface area contributed by atoms with E-state index in [9.17, 15) is 4.79 Å². The van der Waals surface area contributed by atoms with E-state index in [1.165, 1.54) is 0 Å². The number of amides is 1. The Morgan fingerprint density at radius 3 is 2.74 bits per heavy atom. The van der Waals surface area contributed by atoms with Crippen molar-refractivity contribution in [3.05, 3.63) is 71.6 Å². The molecule has 2 aromatic carbocycles. The smallest absolute Gasteiger partial charge is 0.251 e. The van der Waals surface area contributed by atoms with Gasteiger partial charge in [-0.1, -0.05) is 53.2 Å². The minimum absolute atomic E-state index is 0.100. The molecule has 0 bridgehead atoms. The Morgan fingerprint density at radius 2 is 1.96 bits per heavy atom. The first kappa shape index (κ1) is 15.0. The van der Waals surface area contributed by atoms with E-state index in [0.717, 1.165) is 11.1 Å². The maximum absolute atomic E-state index is 12.0. The minimum Gasteiger partial charge on any atom is -0.352 e. The highest BCUT2D eigenvalue weighted by atomic mass is 16.5. The first-order chi connectivity index (χ1) is 11.2. The van der Waals surface area contributed by atoms with Crippen LogP contribution in [0.15, 0.2) is 59.1 Å². The molecule has 0 spiro atoms. The Hall–Kier alpha value is -2.95. The molecule has 23 heavy (non-hydrogen) atoms. The molecule has 3 rings (SSSR count). The molecule has 1 aromatic heterocycles. The van der Waals surface area contributed by atoms with Crippen LogP contribution in [0.25, 0.3) is 11.4 Å². The number of nitrogens with one attached hydrogen (secondary N) is 1. The van der Waals surface area contributed by atoms with Crippen molar-refractivity contribution in [2.24, 2.45) is 0 Å². The van der Waals surface area contributed by atoms with Gasteiger partial charge in [-0.2, -0.15) is 4.98 Å². The minimum atomic E-state index is -0.100. The number of carbonyl (C=O) groups excluding carboxylic acids is 1. The average Bonchev–Trinajstić information content (AvgIpc) is 3.04. The second-order valence-corrected chi connectivity index (χ2v) is 5.25. The van der Waals surface area contributed by atoms with E-state index in [-0.39, 0.29) is 5.91 Å². The van der Waals surface area contributed by atoms with Crippen LogP contribution < -0.4 is 5.32 Å². The van der Waals surface area contributed by atoms with E-state index in [4.69, 9.17) is 4.52 Å². The zero-order chi connectivity index (χ0) is 16.1. The maximum atomic E-state index is 12.0. The topological polar surface area (TPSA) is 68.0 Å². The van der Waals surface area contributed by atoms with Crippen molar-refractivity contribution in [2.45, 2.75) is 13.3 Å². The largest absolute Gasteiger partial charge is 0.352 e. The van der Waals surface area contributed by atoms with Gasteiger partial charge in [0, 0.05) is 24.1 Å². The third-order valence-electron chi connectivity index (χ3n) is 3.40. The van der Waals surface area contributed by atoms with E-state index in [1.807, 2.05) is 55.5 Å². The molecule has 0 aliphatic rings. The molecular formula is C18H17N3O2. The van der Waals surface area contributed by atoms with Crippen molar-refractivity contribution in [3.63, 3.8) is 0 Å². The van der Waals surface area contributed by atoms with Gasteiger partial charge in [0.25, 0.3) is 5.91 Å². The van der Waals surface area contributed by atoms with Crippen molar-refractivity contribution >= 4 is 5.91 Å². The highest BCUT2D eigenvalue weighted by molar-refractivity contribution is 5.94. The molecule has 0 saturated carbocycles. The maximum Gasteiger partial charge on any atom is 0.251 e. The summed E-state index contributed by atoms with van der Waals surface area (Å²) in [5, 5.41) is 6.81. The average molecular weight is 307 g/mol. The van der Waals surface area contributed by atoms with Gasteiger partial charge < -0.3 is 9.84 Å². The first-order valence-corrected chi connectivity index (χ1v) is 7.45. The number of hydrogen-bond acceptors (Lipinski definition) is 4. The second kappa shape index (κ2) is 6.87. The Morgan fingerprint density at radius 1 is 1.13 bits per heavy atom. The lowest BCUT2D eigenvalue weighted by molar-refractivity contribution is 0.0953. The van der Waals surface area contributed by atoms with Crippen LogP contribution in [0.4, 0.5) is 0 Å². The van der Waals surface area contributed by atoms with Crippen molar-refractivity contribution in [2.75, 3.05) is 6.54 Å². The summed E-state index contributed by atoms with van der Waals surface area (Å²) in [4.78, 5) is 16.4. The molecule has 0 saturated heterocycles. The number of hydrogen-bond donors (Lipinski definition) is 1. The standard InChI is InChI=1S/C18H17N3O2/c1-13-6-5-9-15(12-13)18(22)19-11-10-16-20-17(21-23-16)14-7-3-2-4-8-14/h2-9,12H,10-11H2,1H3,(H,19,22). The molecule has 1 amide bonds. The molecule has 0 aliphatic carbocycles. The number of rotatable bonds is 5. The fraction of sp³-hybridized carbons (Fsp3) is 0.167. The number of benzene rings is 2. The molecule has 3 aromatic rings. The lowest BCUT2D eigenvalue weighted by atomic mass is 10.1. The van der Waals surface area contributed by atoms with Gasteiger partial charge in [-0.05, 0) is 19.1 Å². The molecule has 116 valence electrons. The Kier molecular flexibility index (Phi) is 4.47. The molecular weight excluding hydrogens is 290 g/mol. The highest BCUT2D eigenvalue weighted by Crippen LogP contribution is 2.14. The van der Waals surface area contributed by atoms with Crippen LogP contribution in [0, 0.1) is 6.92 Å². The molecule has 0 unspecified atom stereocenters. The van der Waals surface area contributed by atoms with Gasteiger partial charge in [0.2, 0.25) is 11.7 Å². The molecule has 0 aliphatic heterocycles. The molecule has 0 radical (unpaired) electrons. The summed E-state index contributed by atoms with van der Waals surface area (Å²) >= 11 is 0. The van der Waals surface area contributed by atoms with E-state index in [2.05, 4.69) is 15.5 Å². The molecule has 0 fully saturated rings. The van der Waals surface area contributed by atoms with Gasteiger partial charge in [0.05, 0.1) is 0 Å². The predicted octanol–water partition coefficient (Wildman–Crippen LogP) is 3.02. The lowest BCUT2D eigenvalue weighted by Gasteiger charge is -2.04. The van der Waals surface area contributed by atoms with Crippen molar-refractivity contribution < 1.29 is 9.32 Å². The van der Waals surface area contributed by atoms with Gasteiger partial charge in [0.1, 0.15) is 0 Å². The normalized spacial score (nSPS) is 10.5. The van der Waals surface area contributed by atoms with E-state index in [0.29, 0.717) is 30.2 Å². The van der Waals surface area contributed by atoms with E-state index >= 15 is 0 Å². The molecule has 5 nitrogen and oxygen atoms in total. The zero-order valence-corrected chi connectivity index (χ0v) is 12.8. The third kappa shape index (κ3) is 3.83. The summed E-state index contributed by atoms with van der Waals surface area (Å²) in [6, 6.07) is 17.1.